The van der Waals surface area contributed by atoms with E-state index < -0.39 is 12.4 Å². The molecule has 0 saturated carbocycles. The van der Waals surface area contributed by atoms with Gasteiger partial charge in [0.2, 0.25) is 0 Å². The van der Waals surface area contributed by atoms with Crippen LogP contribution >= 0.6 is 0 Å². The van der Waals surface area contributed by atoms with Crippen molar-refractivity contribution in [3.05, 3.63) is 30.5 Å². The molecular weight excluding hydrogens is 253 g/mol. The van der Waals surface area contributed by atoms with Gasteiger partial charge in [-0.05, 0) is 31.4 Å². The Labute approximate surface area is 141 Å². The quantitative estimate of drug-likeness (QED) is 0.687. The average molecular weight is 265 g/mol. The third kappa shape index (κ3) is 3.17. The van der Waals surface area contributed by atoms with E-state index in [-0.39, 0.29) is 57.4 Å². The fourth-order valence-corrected chi connectivity index (χ4v) is 1.84. The predicted octanol–water partition coefficient (Wildman–Crippen LogP) is 0.281. The molecule has 0 bridgehead atoms. The Kier molecular flexibility index (Phi) is 4.94. The third-order valence-corrected chi connectivity index (χ3v) is 2.68. The van der Waals surface area contributed by atoms with Crippen LogP contribution in [0.1, 0.15) is 19.9 Å². The number of hydrogen-bond donors (Lipinski definition) is 0. The Balaban J connectivity index is 0.00000144. The second-order valence-corrected chi connectivity index (χ2v) is 4.21. The van der Waals surface area contributed by atoms with E-state index in [1.165, 1.54) is 6.07 Å². The smallest absolute Gasteiger partial charge is 0.445 e. The maximum Gasteiger partial charge on any atom is 1.00 e. The van der Waals surface area contributed by atoms with Crippen LogP contribution in [0.4, 0.5) is 12.9 Å². The van der Waals surface area contributed by atoms with Gasteiger partial charge in [0.05, 0.1) is 0 Å². The molecule has 0 aliphatic heterocycles. The minimum atomic E-state index is -4.90. The molecule has 6 heteroatoms. The fraction of sp³-hybridized carbons (Fsp3) is 0.273. The zero-order valence-electron chi connectivity index (χ0n) is 10.1. The van der Waals surface area contributed by atoms with Crippen molar-refractivity contribution in [1.29, 1.82) is 0 Å². The third-order valence-electron chi connectivity index (χ3n) is 2.68. The summed E-state index contributed by atoms with van der Waals surface area (Å²) >= 11 is 0. The Morgan fingerprint density at radius 3 is 2.29 bits per heavy atom. The van der Waals surface area contributed by atoms with Gasteiger partial charge in [-0.15, -0.1) is 5.46 Å². The number of nitrogens with zero attached hydrogens (tertiary/aromatic N) is 1. The number of fused-ring (bicyclic) bond motifs is 1. The van der Waals surface area contributed by atoms with Crippen LogP contribution < -0.4 is 56.8 Å². The van der Waals surface area contributed by atoms with Gasteiger partial charge in [0.15, 0.2) is 0 Å². The van der Waals surface area contributed by atoms with Gasteiger partial charge in [0.25, 0.3) is 0 Å². The number of hydrogen-bond acceptors (Lipinski definition) is 0. The first-order valence-corrected chi connectivity index (χ1v) is 5.20. The van der Waals surface area contributed by atoms with Crippen molar-refractivity contribution < 1.29 is 64.3 Å². The van der Waals surface area contributed by atoms with E-state index >= 15 is 0 Å². The fourth-order valence-electron chi connectivity index (χ4n) is 1.84. The Morgan fingerprint density at radius 2 is 1.76 bits per heavy atom. The molecule has 0 N–H and O–H groups in total. The van der Waals surface area contributed by atoms with Crippen molar-refractivity contribution in [2.75, 3.05) is 0 Å². The molecule has 1 aromatic carbocycles. The minimum absolute atomic E-state index is 0. The molecule has 0 fully saturated rings. The molecule has 2 aromatic rings. The number of halogens is 3. The molecule has 1 aromatic heterocycles. The monoisotopic (exact) mass is 265 g/mol. The molecule has 17 heavy (non-hydrogen) atoms. The molecule has 0 radical (unpaired) electrons. The van der Waals surface area contributed by atoms with Gasteiger partial charge in [-0.1, -0.05) is 12.1 Å². The molecule has 2 rings (SSSR count). The minimum Gasteiger partial charge on any atom is -0.445 e. The van der Waals surface area contributed by atoms with Crippen LogP contribution in [0, 0.1) is 0 Å². The molecule has 0 saturated heterocycles. The summed E-state index contributed by atoms with van der Waals surface area (Å²) in [6.45, 7) is -0.901. The molecule has 1 heterocycles. The summed E-state index contributed by atoms with van der Waals surface area (Å²) in [5.41, 5.74) is 0.313. The van der Waals surface area contributed by atoms with E-state index in [4.69, 9.17) is 0 Å². The van der Waals surface area contributed by atoms with Crippen LogP contribution in [0.2, 0.25) is 0 Å². The van der Waals surface area contributed by atoms with Gasteiger partial charge in [-0.2, -0.15) is 0 Å². The van der Waals surface area contributed by atoms with Crippen LogP contribution in [-0.2, 0) is 0 Å². The normalized spacial score (nSPS) is 11.9. The van der Waals surface area contributed by atoms with Gasteiger partial charge in [-0.25, -0.2) is 0 Å². The zero-order chi connectivity index (χ0) is 11.9. The van der Waals surface area contributed by atoms with Crippen LogP contribution in [-0.4, -0.2) is 11.5 Å². The number of benzene rings is 1. The van der Waals surface area contributed by atoms with Crippen molar-refractivity contribution >= 4 is 23.3 Å². The Morgan fingerprint density at radius 1 is 1.12 bits per heavy atom. The average Bonchev–Trinajstić information content (AvgIpc) is 2.58. The second kappa shape index (κ2) is 5.49. The summed E-state index contributed by atoms with van der Waals surface area (Å²) in [5.74, 6) is 0. The summed E-state index contributed by atoms with van der Waals surface area (Å²) < 4.78 is 39.6. The SMILES string of the molecule is CC(C)n1ccc2cc([B-](F)(F)F)ccc21.[K+]. The molecule has 0 atom stereocenters. The molecule has 1 nitrogen and oxygen atoms in total. The maximum absolute atomic E-state index is 12.5. The summed E-state index contributed by atoms with van der Waals surface area (Å²) in [6, 6.07) is 5.88. The van der Waals surface area contributed by atoms with Crippen molar-refractivity contribution in [3.63, 3.8) is 0 Å². The first-order chi connectivity index (χ1) is 7.39. The van der Waals surface area contributed by atoms with E-state index in [9.17, 15) is 12.9 Å². The van der Waals surface area contributed by atoms with Crippen LogP contribution in [0.5, 0.6) is 0 Å². The van der Waals surface area contributed by atoms with Gasteiger partial charge in [-0.3, -0.25) is 0 Å². The van der Waals surface area contributed by atoms with E-state index in [2.05, 4.69) is 0 Å². The summed E-state index contributed by atoms with van der Waals surface area (Å²) in [5, 5.41) is 0.644. The second-order valence-electron chi connectivity index (χ2n) is 4.21. The number of aromatic nitrogens is 1. The zero-order valence-corrected chi connectivity index (χ0v) is 13.2. The molecule has 0 aliphatic carbocycles. The molecule has 0 spiro atoms. The Bertz CT molecular complexity index is 519. The van der Waals surface area contributed by atoms with Crippen molar-refractivity contribution in [3.8, 4) is 0 Å². The molecule has 0 aliphatic rings. The summed E-state index contributed by atoms with van der Waals surface area (Å²) in [6.07, 6.45) is 1.82. The molecule has 86 valence electrons. The van der Waals surface area contributed by atoms with Crippen molar-refractivity contribution in [2.45, 2.75) is 19.9 Å². The van der Waals surface area contributed by atoms with E-state index in [0.717, 1.165) is 11.6 Å². The van der Waals surface area contributed by atoms with E-state index in [1.807, 2.05) is 24.6 Å². The Hall–Kier alpha value is 0.251. The van der Waals surface area contributed by atoms with Crippen LogP contribution in [0.15, 0.2) is 30.5 Å². The topological polar surface area (TPSA) is 4.93 Å². The molecule has 0 amide bonds. The standard InChI is InChI=1S/C11H12BF3N.K/c1-8(2)16-6-5-9-7-10(12(13,14)15)3-4-11(9)16;/h3-8H,1-2H3;/q-1;+1. The van der Waals surface area contributed by atoms with Crippen molar-refractivity contribution in [2.24, 2.45) is 0 Å². The van der Waals surface area contributed by atoms with E-state index in [0.29, 0.717) is 5.39 Å². The van der Waals surface area contributed by atoms with Gasteiger partial charge in [0, 0.05) is 17.8 Å². The maximum atomic E-state index is 12.5. The largest absolute Gasteiger partial charge is 1.00 e. The van der Waals surface area contributed by atoms with Crippen LogP contribution in [0.25, 0.3) is 10.9 Å². The van der Waals surface area contributed by atoms with Gasteiger partial charge in [0.1, 0.15) is 0 Å². The molecular formula is C11H12BF3KN. The van der Waals surface area contributed by atoms with Crippen molar-refractivity contribution in [1.82, 2.24) is 4.57 Å². The van der Waals surface area contributed by atoms with Gasteiger partial charge < -0.3 is 17.5 Å². The first-order valence-electron chi connectivity index (χ1n) is 5.20. The predicted molar refractivity (Wildman–Crippen MR) is 61.0 cm³/mol. The first kappa shape index (κ1) is 15.3. The van der Waals surface area contributed by atoms with E-state index in [1.54, 1.807) is 12.1 Å². The number of rotatable bonds is 2. The summed E-state index contributed by atoms with van der Waals surface area (Å²) in [4.78, 5) is 0. The molecule has 0 unspecified atom stereocenters. The van der Waals surface area contributed by atoms with Crippen LogP contribution in [0.3, 0.4) is 0 Å². The van der Waals surface area contributed by atoms with Gasteiger partial charge >= 0.3 is 58.4 Å². The summed E-state index contributed by atoms with van der Waals surface area (Å²) in [7, 11) is 0.